The van der Waals surface area contributed by atoms with Crippen LogP contribution in [-0.2, 0) is 11.3 Å². The van der Waals surface area contributed by atoms with E-state index in [0.717, 1.165) is 25.7 Å². The van der Waals surface area contributed by atoms with E-state index in [2.05, 4.69) is 0 Å². The highest BCUT2D eigenvalue weighted by molar-refractivity contribution is 6.31. The summed E-state index contributed by atoms with van der Waals surface area (Å²) >= 11 is 5.99. The fourth-order valence-corrected chi connectivity index (χ4v) is 2.97. The summed E-state index contributed by atoms with van der Waals surface area (Å²) in [7, 11) is 1.67. The van der Waals surface area contributed by atoms with Crippen LogP contribution in [0.15, 0.2) is 18.2 Å². The van der Waals surface area contributed by atoms with Crippen molar-refractivity contribution >= 4 is 17.5 Å². The molecule has 20 heavy (non-hydrogen) atoms. The lowest BCUT2D eigenvalue weighted by Gasteiger charge is -2.31. The van der Waals surface area contributed by atoms with E-state index in [1.165, 1.54) is 11.0 Å². The molecular weight excluding hydrogens is 279 g/mol. The molecule has 1 amide bonds. The summed E-state index contributed by atoms with van der Waals surface area (Å²) < 4.78 is 13.7. The van der Waals surface area contributed by atoms with Crippen molar-refractivity contribution in [3.63, 3.8) is 0 Å². The van der Waals surface area contributed by atoms with Gasteiger partial charge in [0, 0.05) is 30.2 Å². The zero-order chi connectivity index (χ0) is 14.7. The molecule has 0 aliphatic heterocycles. The lowest BCUT2D eigenvalue weighted by molar-refractivity contribution is -0.136. The Kier molecular flexibility index (Phi) is 5.00. The van der Waals surface area contributed by atoms with Gasteiger partial charge in [-0.05, 0) is 25.0 Å². The Hall–Kier alpha value is -1.13. The van der Waals surface area contributed by atoms with Crippen LogP contribution in [0.2, 0.25) is 5.02 Å². The van der Waals surface area contributed by atoms with Crippen LogP contribution in [0.5, 0.6) is 0 Å². The largest absolute Gasteiger partial charge is 0.341 e. The van der Waals surface area contributed by atoms with E-state index in [9.17, 15) is 9.18 Å². The number of benzene rings is 1. The van der Waals surface area contributed by atoms with E-state index < -0.39 is 0 Å². The van der Waals surface area contributed by atoms with Crippen molar-refractivity contribution < 1.29 is 9.18 Å². The minimum absolute atomic E-state index is 0.0171. The number of carbonyl (C=O) groups is 1. The molecule has 1 fully saturated rings. The summed E-state index contributed by atoms with van der Waals surface area (Å²) in [6, 6.07) is 4.45. The quantitative estimate of drug-likeness (QED) is 0.932. The van der Waals surface area contributed by atoms with E-state index >= 15 is 0 Å². The lowest BCUT2D eigenvalue weighted by atomic mass is 9.84. The van der Waals surface area contributed by atoms with Gasteiger partial charge in [0.25, 0.3) is 0 Å². The van der Waals surface area contributed by atoms with Crippen LogP contribution in [0.25, 0.3) is 0 Å². The third-order valence-corrected chi connectivity index (χ3v) is 4.32. The predicted molar refractivity (Wildman–Crippen MR) is 77.8 cm³/mol. The first kappa shape index (κ1) is 15.3. The first-order valence-electron chi connectivity index (χ1n) is 6.94. The maximum atomic E-state index is 13.7. The number of carbonyl (C=O) groups excluding carboxylic acids is 1. The molecule has 0 heterocycles. The van der Waals surface area contributed by atoms with Gasteiger partial charge in [-0.3, -0.25) is 4.79 Å². The molecule has 0 saturated heterocycles. The van der Waals surface area contributed by atoms with Gasteiger partial charge in [-0.25, -0.2) is 4.39 Å². The topological polar surface area (TPSA) is 46.3 Å². The predicted octanol–water partition coefficient (Wildman–Crippen LogP) is 2.96. The standard InChI is InChI=1S/C15H20ClFN2O/c1-19(9-11-12(16)6-4-7-13(11)17)15(20)10-5-2-3-8-14(10)18/h4,6-7,10,14H,2-3,5,8-9,18H2,1H3. The molecule has 0 spiro atoms. The molecule has 5 heteroatoms. The highest BCUT2D eigenvalue weighted by Crippen LogP contribution is 2.26. The second-order valence-electron chi connectivity index (χ2n) is 5.45. The van der Waals surface area contributed by atoms with Gasteiger partial charge in [-0.2, -0.15) is 0 Å². The van der Waals surface area contributed by atoms with Gasteiger partial charge in [0.1, 0.15) is 5.82 Å². The average molecular weight is 299 g/mol. The average Bonchev–Trinajstić information content (AvgIpc) is 2.42. The zero-order valence-electron chi connectivity index (χ0n) is 11.6. The van der Waals surface area contributed by atoms with E-state index in [0.29, 0.717) is 10.6 Å². The number of nitrogens with two attached hydrogens (primary N) is 1. The van der Waals surface area contributed by atoms with Crippen molar-refractivity contribution in [2.24, 2.45) is 11.7 Å². The van der Waals surface area contributed by atoms with Gasteiger partial charge < -0.3 is 10.6 Å². The van der Waals surface area contributed by atoms with Crippen molar-refractivity contribution in [2.75, 3.05) is 7.05 Å². The third kappa shape index (κ3) is 3.30. The second-order valence-corrected chi connectivity index (χ2v) is 5.86. The fourth-order valence-electron chi connectivity index (χ4n) is 2.75. The van der Waals surface area contributed by atoms with Gasteiger partial charge >= 0.3 is 0 Å². The van der Waals surface area contributed by atoms with Crippen LogP contribution in [-0.4, -0.2) is 23.9 Å². The second kappa shape index (κ2) is 6.55. The van der Waals surface area contributed by atoms with E-state index in [-0.39, 0.29) is 30.2 Å². The van der Waals surface area contributed by atoms with Crippen molar-refractivity contribution in [1.29, 1.82) is 0 Å². The summed E-state index contributed by atoms with van der Waals surface area (Å²) in [5, 5.41) is 0.345. The highest BCUT2D eigenvalue weighted by atomic mass is 35.5. The SMILES string of the molecule is CN(Cc1c(F)cccc1Cl)C(=O)C1CCCCC1N. The van der Waals surface area contributed by atoms with Crippen molar-refractivity contribution in [1.82, 2.24) is 4.90 Å². The molecule has 0 radical (unpaired) electrons. The van der Waals surface area contributed by atoms with Gasteiger partial charge in [-0.15, -0.1) is 0 Å². The van der Waals surface area contributed by atoms with Crippen LogP contribution >= 0.6 is 11.6 Å². The maximum absolute atomic E-state index is 13.7. The Morgan fingerprint density at radius 3 is 2.80 bits per heavy atom. The van der Waals surface area contributed by atoms with Crippen molar-refractivity contribution in [3.05, 3.63) is 34.6 Å². The Bertz CT molecular complexity index is 475. The van der Waals surface area contributed by atoms with Gasteiger partial charge in [0.2, 0.25) is 5.91 Å². The minimum Gasteiger partial charge on any atom is -0.341 e. The molecule has 1 aliphatic carbocycles. The highest BCUT2D eigenvalue weighted by Gasteiger charge is 2.30. The van der Waals surface area contributed by atoms with Crippen molar-refractivity contribution in [2.45, 2.75) is 38.3 Å². The van der Waals surface area contributed by atoms with E-state index in [4.69, 9.17) is 17.3 Å². The summed E-state index contributed by atoms with van der Waals surface area (Å²) in [5.74, 6) is -0.555. The zero-order valence-corrected chi connectivity index (χ0v) is 12.4. The summed E-state index contributed by atoms with van der Waals surface area (Å²) in [6.45, 7) is 0.174. The molecule has 110 valence electrons. The molecule has 1 aliphatic rings. The molecule has 1 aromatic carbocycles. The van der Waals surface area contributed by atoms with Gasteiger partial charge in [0.05, 0.1) is 5.92 Å². The third-order valence-electron chi connectivity index (χ3n) is 3.97. The number of nitrogens with zero attached hydrogens (tertiary/aromatic N) is 1. The number of hydrogen-bond donors (Lipinski definition) is 1. The molecule has 0 aromatic heterocycles. The number of halogens is 2. The molecule has 2 unspecified atom stereocenters. The minimum atomic E-state index is -0.384. The maximum Gasteiger partial charge on any atom is 0.227 e. The number of rotatable bonds is 3. The first-order chi connectivity index (χ1) is 9.50. The Morgan fingerprint density at radius 1 is 1.45 bits per heavy atom. The Morgan fingerprint density at radius 2 is 2.15 bits per heavy atom. The first-order valence-corrected chi connectivity index (χ1v) is 7.32. The van der Waals surface area contributed by atoms with Gasteiger partial charge in [0.15, 0.2) is 0 Å². The molecular formula is C15H20ClFN2O. The van der Waals surface area contributed by atoms with Crippen LogP contribution in [0, 0.1) is 11.7 Å². The summed E-state index contributed by atoms with van der Waals surface area (Å²) in [5.41, 5.74) is 6.38. The van der Waals surface area contributed by atoms with Crippen LogP contribution < -0.4 is 5.73 Å². The smallest absolute Gasteiger partial charge is 0.227 e. The number of hydrogen-bond acceptors (Lipinski definition) is 2. The summed E-state index contributed by atoms with van der Waals surface area (Å²) in [6.07, 6.45) is 3.80. The molecule has 2 atom stereocenters. The van der Waals surface area contributed by atoms with Crippen LogP contribution in [0.4, 0.5) is 4.39 Å². The molecule has 1 aromatic rings. The monoisotopic (exact) mass is 298 g/mol. The summed E-state index contributed by atoms with van der Waals surface area (Å²) in [4.78, 5) is 13.9. The lowest BCUT2D eigenvalue weighted by Crippen LogP contribution is -2.44. The normalized spacial score (nSPS) is 22.6. The molecule has 3 nitrogen and oxygen atoms in total. The van der Waals surface area contributed by atoms with E-state index in [1.54, 1.807) is 19.2 Å². The van der Waals surface area contributed by atoms with Crippen LogP contribution in [0.3, 0.4) is 0 Å². The van der Waals surface area contributed by atoms with Gasteiger partial charge in [-0.1, -0.05) is 30.5 Å². The number of amides is 1. The van der Waals surface area contributed by atoms with E-state index in [1.807, 2.05) is 0 Å². The van der Waals surface area contributed by atoms with Crippen LogP contribution in [0.1, 0.15) is 31.2 Å². The van der Waals surface area contributed by atoms with Crippen molar-refractivity contribution in [3.8, 4) is 0 Å². The Balaban J connectivity index is 2.07. The molecule has 2 N–H and O–H groups in total. The molecule has 1 saturated carbocycles. The molecule has 2 rings (SSSR count). The fraction of sp³-hybridized carbons (Fsp3) is 0.533. The molecule has 0 bridgehead atoms. The Labute approximate surface area is 123 Å².